The molecule has 5 nitrogen and oxygen atoms in total. The molecule has 1 aliphatic rings. The van der Waals surface area contributed by atoms with Gasteiger partial charge >= 0.3 is 0 Å². The third kappa shape index (κ3) is 3.34. The van der Waals surface area contributed by atoms with E-state index in [0.717, 1.165) is 58.1 Å². The van der Waals surface area contributed by atoms with Gasteiger partial charge in [0, 0.05) is 23.8 Å². The Bertz CT molecular complexity index is 933. The Morgan fingerprint density at radius 3 is 2.81 bits per heavy atom. The second-order valence-corrected chi connectivity index (χ2v) is 7.88. The molecule has 6 heteroatoms. The first-order valence-corrected chi connectivity index (χ1v) is 9.77. The number of benzene rings is 1. The van der Waals surface area contributed by atoms with Crippen LogP contribution >= 0.6 is 11.3 Å². The van der Waals surface area contributed by atoms with Crippen LogP contribution < -0.4 is 5.32 Å². The Kier molecular flexibility index (Phi) is 4.46. The number of thiazole rings is 1. The Morgan fingerprint density at radius 2 is 2.08 bits per heavy atom. The van der Waals surface area contributed by atoms with E-state index in [1.165, 1.54) is 0 Å². The fourth-order valence-corrected chi connectivity index (χ4v) is 4.18. The lowest BCUT2D eigenvalue weighted by Crippen LogP contribution is -2.33. The van der Waals surface area contributed by atoms with E-state index in [1.54, 1.807) is 17.5 Å². The second-order valence-electron chi connectivity index (χ2n) is 6.85. The second kappa shape index (κ2) is 6.78. The number of rotatable bonds is 5. The summed E-state index contributed by atoms with van der Waals surface area (Å²) in [6, 6.07) is 8.22. The number of aromatic nitrogens is 3. The summed E-state index contributed by atoms with van der Waals surface area (Å²) in [4.78, 5) is 14.4. The fraction of sp³-hybridized carbons (Fsp3) is 0.350. The third-order valence-corrected chi connectivity index (χ3v) is 6.02. The summed E-state index contributed by atoms with van der Waals surface area (Å²) >= 11 is 1.58. The lowest BCUT2D eigenvalue weighted by Gasteiger charge is -2.34. The summed E-state index contributed by atoms with van der Waals surface area (Å²) in [5, 5.41) is 14.6. The van der Waals surface area contributed by atoms with Crippen LogP contribution in [0.3, 0.4) is 0 Å². The molecule has 0 saturated heterocycles. The molecule has 1 aromatic carbocycles. The minimum Gasteiger partial charge on any atom is -0.383 e. The molecular formula is C20H22N4OS. The number of anilines is 2. The SMILES string of the molecule is CCc1ccnc(Nc2cc(C)cc(-c3cnc(C4(O)CCC4)s3)c2)n1. The predicted octanol–water partition coefficient (Wildman–Crippen LogP) is 4.59. The molecule has 0 spiro atoms. The summed E-state index contributed by atoms with van der Waals surface area (Å²) in [5.74, 6) is 0.606. The van der Waals surface area contributed by atoms with Crippen LogP contribution in [-0.4, -0.2) is 20.1 Å². The smallest absolute Gasteiger partial charge is 0.227 e. The van der Waals surface area contributed by atoms with E-state index in [1.807, 2.05) is 12.3 Å². The molecule has 1 saturated carbocycles. The van der Waals surface area contributed by atoms with Crippen molar-refractivity contribution in [2.24, 2.45) is 0 Å². The first-order valence-electron chi connectivity index (χ1n) is 8.95. The van der Waals surface area contributed by atoms with E-state index in [4.69, 9.17) is 0 Å². The Hall–Kier alpha value is -2.31. The molecule has 1 fully saturated rings. The summed E-state index contributed by atoms with van der Waals surface area (Å²) in [5.41, 5.74) is 3.49. The maximum absolute atomic E-state index is 10.5. The van der Waals surface area contributed by atoms with E-state index < -0.39 is 5.60 Å². The first kappa shape index (κ1) is 17.1. The van der Waals surface area contributed by atoms with E-state index in [-0.39, 0.29) is 0 Å². The van der Waals surface area contributed by atoms with Crippen molar-refractivity contribution in [3.63, 3.8) is 0 Å². The normalized spacial score (nSPS) is 15.5. The van der Waals surface area contributed by atoms with E-state index in [9.17, 15) is 5.11 Å². The van der Waals surface area contributed by atoms with Crippen molar-refractivity contribution in [1.82, 2.24) is 15.0 Å². The average Bonchev–Trinajstić information content (AvgIpc) is 3.10. The predicted molar refractivity (Wildman–Crippen MR) is 105 cm³/mol. The first-order chi connectivity index (χ1) is 12.6. The topological polar surface area (TPSA) is 70.9 Å². The van der Waals surface area contributed by atoms with Crippen molar-refractivity contribution in [2.45, 2.75) is 45.1 Å². The fourth-order valence-electron chi connectivity index (χ4n) is 3.13. The molecule has 0 aliphatic heterocycles. The van der Waals surface area contributed by atoms with Gasteiger partial charge in [-0.2, -0.15) is 0 Å². The van der Waals surface area contributed by atoms with Crippen LogP contribution in [0.4, 0.5) is 11.6 Å². The average molecular weight is 366 g/mol. The molecule has 1 aliphatic carbocycles. The molecule has 0 bridgehead atoms. The standard InChI is InChI=1S/C20H22N4OS/c1-3-15-5-8-21-19(23-15)24-16-10-13(2)9-14(11-16)17-12-22-18(26-17)20(25)6-4-7-20/h5,8-12,25H,3-4,6-7H2,1-2H3,(H,21,23,24). The van der Waals surface area contributed by atoms with Crippen molar-refractivity contribution in [3.8, 4) is 10.4 Å². The zero-order valence-corrected chi connectivity index (χ0v) is 15.8. The van der Waals surface area contributed by atoms with Gasteiger partial charge in [0.05, 0.1) is 4.88 Å². The largest absolute Gasteiger partial charge is 0.383 e. The minimum atomic E-state index is -0.706. The summed E-state index contributed by atoms with van der Waals surface area (Å²) in [7, 11) is 0. The van der Waals surface area contributed by atoms with Crippen LogP contribution in [0.5, 0.6) is 0 Å². The third-order valence-electron chi connectivity index (χ3n) is 4.78. The number of nitrogens with zero attached hydrogens (tertiary/aromatic N) is 3. The highest BCUT2D eigenvalue weighted by Gasteiger charge is 2.39. The lowest BCUT2D eigenvalue weighted by molar-refractivity contribution is -0.0389. The maximum atomic E-state index is 10.5. The number of hydrogen-bond donors (Lipinski definition) is 2. The molecule has 2 N–H and O–H groups in total. The molecule has 2 heterocycles. The van der Waals surface area contributed by atoms with Crippen molar-refractivity contribution < 1.29 is 5.11 Å². The van der Waals surface area contributed by atoms with Crippen LogP contribution in [0.15, 0.2) is 36.7 Å². The monoisotopic (exact) mass is 366 g/mol. The number of hydrogen-bond acceptors (Lipinski definition) is 6. The van der Waals surface area contributed by atoms with E-state index >= 15 is 0 Å². The molecule has 3 aromatic rings. The van der Waals surface area contributed by atoms with Crippen molar-refractivity contribution in [2.75, 3.05) is 5.32 Å². The van der Waals surface area contributed by atoms with Gasteiger partial charge in [-0.05, 0) is 61.9 Å². The Labute approximate surface area is 157 Å². The van der Waals surface area contributed by atoms with Gasteiger partial charge in [0.25, 0.3) is 0 Å². The van der Waals surface area contributed by atoms with Crippen molar-refractivity contribution in [1.29, 1.82) is 0 Å². The highest BCUT2D eigenvalue weighted by atomic mass is 32.1. The van der Waals surface area contributed by atoms with Crippen LogP contribution in [0.1, 0.15) is 42.5 Å². The number of nitrogens with one attached hydrogen (secondary N) is 1. The molecule has 0 amide bonds. The summed E-state index contributed by atoms with van der Waals surface area (Å²) in [6.07, 6.45) is 7.21. The zero-order valence-electron chi connectivity index (χ0n) is 15.0. The molecule has 26 heavy (non-hydrogen) atoms. The molecular weight excluding hydrogens is 344 g/mol. The van der Waals surface area contributed by atoms with E-state index in [2.05, 4.69) is 52.3 Å². The minimum absolute atomic E-state index is 0.606. The van der Waals surface area contributed by atoms with Crippen LogP contribution in [0.25, 0.3) is 10.4 Å². The van der Waals surface area contributed by atoms with E-state index in [0.29, 0.717) is 5.95 Å². The summed E-state index contributed by atoms with van der Waals surface area (Å²) in [6.45, 7) is 4.15. The molecule has 4 rings (SSSR count). The number of aliphatic hydroxyl groups is 1. The van der Waals surface area contributed by atoms with Crippen LogP contribution in [0, 0.1) is 6.92 Å². The number of aryl methyl sites for hydroxylation is 2. The van der Waals surface area contributed by atoms with Gasteiger partial charge in [-0.25, -0.2) is 15.0 Å². The van der Waals surface area contributed by atoms with Crippen LogP contribution in [0.2, 0.25) is 0 Å². The van der Waals surface area contributed by atoms with Gasteiger partial charge < -0.3 is 10.4 Å². The van der Waals surface area contributed by atoms with Gasteiger partial charge in [-0.3, -0.25) is 0 Å². The Morgan fingerprint density at radius 1 is 1.23 bits per heavy atom. The lowest BCUT2D eigenvalue weighted by atomic mass is 9.81. The maximum Gasteiger partial charge on any atom is 0.227 e. The van der Waals surface area contributed by atoms with Gasteiger partial charge in [0.2, 0.25) is 5.95 Å². The van der Waals surface area contributed by atoms with Gasteiger partial charge in [0.1, 0.15) is 10.6 Å². The van der Waals surface area contributed by atoms with Gasteiger partial charge in [-0.15, -0.1) is 11.3 Å². The highest BCUT2D eigenvalue weighted by molar-refractivity contribution is 7.15. The molecule has 2 aromatic heterocycles. The molecule has 0 unspecified atom stereocenters. The highest BCUT2D eigenvalue weighted by Crippen LogP contribution is 2.44. The van der Waals surface area contributed by atoms with Gasteiger partial charge in [-0.1, -0.05) is 13.0 Å². The van der Waals surface area contributed by atoms with Crippen molar-refractivity contribution >= 4 is 23.0 Å². The molecule has 0 radical (unpaired) electrons. The zero-order chi connectivity index (χ0) is 18.1. The van der Waals surface area contributed by atoms with Gasteiger partial charge in [0.15, 0.2) is 0 Å². The molecule has 0 atom stereocenters. The molecule has 134 valence electrons. The van der Waals surface area contributed by atoms with Crippen molar-refractivity contribution in [3.05, 3.63) is 52.9 Å². The van der Waals surface area contributed by atoms with Crippen LogP contribution in [-0.2, 0) is 12.0 Å². The summed E-state index contributed by atoms with van der Waals surface area (Å²) < 4.78 is 0. The quantitative estimate of drug-likeness (QED) is 0.691. The Balaban J connectivity index is 1.62.